The van der Waals surface area contributed by atoms with Crippen LogP contribution in [0, 0.1) is 0 Å². The Morgan fingerprint density at radius 1 is 1.29 bits per heavy atom. The minimum absolute atomic E-state index is 0.212. The van der Waals surface area contributed by atoms with Crippen molar-refractivity contribution in [1.82, 2.24) is 4.98 Å². The predicted molar refractivity (Wildman–Crippen MR) is 71.6 cm³/mol. The molecule has 0 aliphatic heterocycles. The van der Waals surface area contributed by atoms with E-state index in [-0.39, 0.29) is 6.10 Å². The SMILES string of the molecule is CC(C)Oc1ccc(NCc2cscn2)cc1. The molecule has 1 aromatic heterocycles. The van der Waals surface area contributed by atoms with Gasteiger partial charge in [0.25, 0.3) is 0 Å². The molecule has 0 fully saturated rings. The van der Waals surface area contributed by atoms with E-state index in [9.17, 15) is 0 Å². The second kappa shape index (κ2) is 5.68. The lowest BCUT2D eigenvalue weighted by molar-refractivity contribution is 0.242. The maximum Gasteiger partial charge on any atom is 0.119 e. The topological polar surface area (TPSA) is 34.1 Å². The fourth-order valence-corrected chi connectivity index (χ4v) is 2.00. The molecular formula is C13H16N2OS. The van der Waals surface area contributed by atoms with Gasteiger partial charge in [0.1, 0.15) is 5.75 Å². The van der Waals surface area contributed by atoms with E-state index in [0.29, 0.717) is 0 Å². The van der Waals surface area contributed by atoms with Gasteiger partial charge in [0.15, 0.2) is 0 Å². The Kier molecular flexibility index (Phi) is 3.98. The molecule has 0 bridgehead atoms. The lowest BCUT2D eigenvalue weighted by atomic mass is 10.3. The van der Waals surface area contributed by atoms with Gasteiger partial charge in [-0.2, -0.15) is 0 Å². The molecule has 1 aromatic carbocycles. The maximum atomic E-state index is 5.58. The van der Waals surface area contributed by atoms with E-state index in [1.54, 1.807) is 11.3 Å². The Balaban J connectivity index is 1.89. The maximum absolute atomic E-state index is 5.58. The number of benzene rings is 1. The Morgan fingerprint density at radius 2 is 2.06 bits per heavy atom. The molecule has 4 heteroatoms. The van der Waals surface area contributed by atoms with Gasteiger partial charge in [-0.1, -0.05) is 0 Å². The third-order valence-corrected chi connectivity index (χ3v) is 2.82. The van der Waals surface area contributed by atoms with Crippen LogP contribution >= 0.6 is 11.3 Å². The fraction of sp³-hybridized carbons (Fsp3) is 0.308. The summed E-state index contributed by atoms with van der Waals surface area (Å²) in [6.07, 6.45) is 0.212. The molecule has 0 saturated carbocycles. The summed E-state index contributed by atoms with van der Waals surface area (Å²) in [7, 11) is 0. The number of thiazole rings is 1. The van der Waals surface area contributed by atoms with Gasteiger partial charge in [-0.15, -0.1) is 11.3 Å². The van der Waals surface area contributed by atoms with Crippen LogP contribution in [0.25, 0.3) is 0 Å². The molecule has 0 spiro atoms. The van der Waals surface area contributed by atoms with Crippen LogP contribution in [-0.2, 0) is 6.54 Å². The number of rotatable bonds is 5. The van der Waals surface area contributed by atoms with Gasteiger partial charge in [-0.25, -0.2) is 4.98 Å². The van der Waals surface area contributed by atoms with Crippen molar-refractivity contribution in [2.24, 2.45) is 0 Å². The van der Waals surface area contributed by atoms with Crippen molar-refractivity contribution in [2.75, 3.05) is 5.32 Å². The summed E-state index contributed by atoms with van der Waals surface area (Å²) in [4.78, 5) is 4.22. The van der Waals surface area contributed by atoms with Gasteiger partial charge in [0.05, 0.1) is 23.9 Å². The summed E-state index contributed by atoms with van der Waals surface area (Å²) >= 11 is 1.61. The first-order valence-corrected chi connectivity index (χ1v) is 6.56. The van der Waals surface area contributed by atoms with Gasteiger partial charge in [-0.3, -0.25) is 0 Å². The molecule has 0 atom stereocenters. The summed E-state index contributed by atoms with van der Waals surface area (Å²) in [6.45, 7) is 4.80. The minimum Gasteiger partial charge on any atom is -0.491 e. The van der Waals surface area contributed by atoms with E-state index in [0.717, 1.165) is 23.7 Å². The van der Waals surface area contributed by atoms with Crippen LogP contribution in [0.5, 0.6) is 5.75 Å². The van der Waals surface area contributed by atoms with E-state index < -0.39 is 0 Å². The van der Waals surface area contributed by atoms with Crippen LogP contribution in [0.3, 0.4) is 0 Å². The number of anilines is 1. The number of hydrogen-bond donors (Lipinski definition) is 1. The second-order valence-corrected chi connectivity index (χ2v) is 4.74. The first kappa shape index (κ1) is 11.9. The number of hydrogen-bond acceptors (Lipinski definition) is 4. The van der Waals surface area contributed by atoms with Crippen molar-refractivity contribution in [2.45, 2.75) is 26.5 Å². The third-order valence-electron chi connectivity index (χ3n) is 2.18. The smallest absolute Gasteiger partial charge is 0.119 e. The first-order valence-electron chi connectivity index (χ1n) is 5.61. The molecule has 0 saturated heterocycles. The van der Waals surface area contributed by atoms with Crippen molar-refractivity contribution in [1.29, 1.82) is 0 Å². The summed E-state index contributed by atoms with van der Waals surface area (Å²) in [5.41, 5.74) is 3.99. The highest BCUT2D eigenvalue weighted by Gasteiger charge is 1.98. The Morgan fingerprint density at radius 3 is 2.65 bits per heavy atom. The fourth-order valence-electron chi connectivity index (χ4n) is 1.44. The zero-order chi connectivity index (χ0) is 12.1. The quantitative estimate of drug-likeness (QED) is 0.878. The van der Waals surface area contributed by atoms with Gasteiger partial charge < -0.3 is 10.1 Å². The van der Waals surface area contributed by atoms with Gasteiger partial charge in [0.2, 0.25) is 0 Å². The number of nitrogens with zero attached hydrogens (tertiary/aromatic N) is 1. The van der Waals surface area contributed by atoms with Crippen LogP contribution in [-0.4, -0.2) is 11.1 Å². The molecule has 0 aliphatic rings. The van der Waals surface area contributed by atoms with Crippen LogP contribution < -0.4 is 10.1 Å². The lowest BCUT2D eigenvalue weighted by Crippen LogP contribution is -2.05. The molecule has 2 aromatic rings. The van der Waals surface area contributed by atoms with Crippen molar-refractivity contribution >= 4 is 17.0 Å². The normalized spacial score (nSPS) is 10.5. The van der Waals surface area contributed by atoms with Gasteiger partial charge in [0, 0.05) is 11.1 Å². The highest BCUT2D eigenvalue weighted by atomic mass is 32.1. The number of nitrogens with one attached hydrogen (secondary N) is 1. The lowest BCUT2D eigenvalue weighted by Gasteiger charge is -2.10. The average molecular weight is 248 g/mol. The summed E-state index contributed by atoms with van der Waals surface area (Å²) < 4.78 is 5.58. The first-order chi connectivity index (χ1) is 8.24. The highest BCUT2D eigenvalue weighted by Crippen LogP contribution is 2.17. The van der Waals surface area contributed by atoms with Crippen molar-refractivity contribution in [3.63, 3.8) is 0 Å². The second-order valence-electron chi connectivity index (χ2n) is 4.02. The van der Waals surface area contributed by atoms with Crippen LogP contribution in [0.15, 0.2) is 35.2 Å². The average Bonchev–Trinajstić information content (AvgIpc) is 2.80. The Hall–Kier alpha value is -1.55. The summed E-state index contributed by atoms with van der Waals surface area (Å²) in [5, 5.41) is 5.36. The largest absolute Gasteiger partial charge is 0.491 e. The standard InChI is InChI=1S/C13H16N2OS/c1-10(2)16-13-5-3-11(4-6-13)14-7-12-8-17-9-15-12/h3-6,8-10,14H,7H2,1-2H3. The predicted octanol–water partition coefficient (Wildman–Crippen LogP) is 3.54. The van der Waals surface area contributed by atoms with Gasteiger partial charge >= 0.3 is 0 Å². The summed E-state index contributed by atoms with van der Waals surface area (Å²) in [6, 6.07) is 7.99. The molecule has 1 heterocycles. The molecular weight excluding hydrogens is 232 g/mol. The monoisotopic (exact) mass is 248 g/mol. The highest BCUT2D eigenvalue weighted by molar-refractivity contribution is 7.07. The van der Waals surface area contributed by atoms with E-state index in [2.05, 4.69) is 10.3 Å². The molecule has 0 amide bonds. The zero-order valence-corrected chi connectivity index (χ0v) is 10.8. The molecule has 90 valence electrons. The molecule has 2 rings (SSSR count). The molecule has 0 unspecified atom stereocenters. The minimum atomic E-state index is 0.212. The van der Waals surface area contributed by atoms with Crippen LogP contribution in [0.1, 0.15) is 19.5 Å². The number of aromatic nitrogens is 1. The Bertz CT molecular complexity index is 437. The van der Waals surface area contributed by atoms with E-state index in [4.69, 9.17) is 4.74 Å². The van der Waals surface area contributed by atoms with E-state index in [1.807, 2.05) is 49.0 Å². The van der Waals surface area contributed by atoms with E-state index in [1.165, 1.54) is 0 Å². The van der Waals surface area contributed by atoms with Crippen molar-refractivity contribution < 1.29 is 4.74 Å². The number of ether oxygens (including phenoxy) is 1. The zero-order valence-electron chi connectivity index (χ0n) is 10.0. The van der Waals surface area contributed by atoms with E-state index >= 15 is 0 Å². The molecule has 1 N–H and O–H groups in total. The third kappa shape index (κ3) is 3.75. The van der Waals surface area contributed by atoms with Crippen molar-refractivity contribution in [3.8, 4) is 5.75 Å². The van der Waals surface area contributed by atoms with Crippen LogP contribution in [0.4, 0.5) is 5.69 Å². The van der Waals surface area contributed by atoms with Crippen molar-refractivity contribution in [3.05, 3.63) is 40.8 Å². The molecule has 3 nitrogen and oxygen atoms in total. The molecule has 0 aliphatic carbocycles. The molecule has 17 heavy (non-hydrogen) atoms. The summed E-state index contributed by atoms with van der Waals surface area (Å²) in [5.74, 6) is 0.902. The van der Waals surface area contributed by atoms with Gasteiger partial charge in [-0.05, 0) is 38.1 Å². The Labute approximate surface area is 105 Å². The van der Waals surface area contributed by atoms with Crippen LogP contribution in [0.2, 0.25) is 0 Å². The molecule has 0 radical (unpaired) electrons.